The van der Waals surface area contributed by atoms with Crippen LogP contribution in [0.25, 0.3) is 0 Å². The number of nitro groups is 1. The number of nitrogens with zero attached hydrogens (tertiary/aromatic N) is 1. The molecule has 0 unspecified atom stereocenters. The van der Waals surface area contributed by atoms with Crippen LogP contribution >= 0.6 is 0 Å². The summed E-state index contributed by atoms with van der Waals surface area (Å²) in [6.07, 6.45) is 5.09. The van der Waals surface area contributed by atoms with Gasteiger partial charge in [0, 0.05) is 12.1 Å². The van der Waals surface area contributed by atoms with Gasteiger partial charge >= 0.3 is 0 Å². The molecule has 2 aliphatic carbocycles. The molecule has 0 radical (unpaired) electrons. The van der Waals surface area contributed by atoms with Gasteiger partial charge in [-0.1, -0.05) is 6.07 Å². The fourth-order valence-corrected chi connectivity index (χ4v) is 2.64. The third-order valence-electron chi connectivity index (χ3n) is 3.93. The molecule has 0 bridgehead atoms. The second-order valence-corrected chi connectivity index (χ2v) is 5.62. The predicted octanol–water partition coefficient (Wildman–Crippen LogP) is 3.50. The summed E-state index contributed by atoms with van der Waals surface area (Å²) in [5, 5.41) is 14.5. The first-order valence-corrected chi connectivity index (χ1v) is 6.67. The summed E-state index contributed by atoms with van der Waals surface area (Å²) in [5.74, 6) is 1.47. The van der Waals surface area contributed by atoms with E-state index >= 15 is 0 Å². The zero-order valence-electron chi connectivity index (χ0n) is 10.6. The van der Waals surface area contributed by atoms with Crippen LogP contribution in [0.5, 0.6) is 0 Å². The van der Waals surface area contributed by atoms with Crippen molar-refractivity contribution < 1.29 is 4.92 Å². The van der Waals surface area contributed by atoms with E-state index in [9.17, 15) is 10.1 Å². The van der Waals surface area contributed by atoms with E-state index in [0.29, 0.717) is 11.7 Å². The van der Waals surface area contributed by atoms with Gasteiger partial charge in [-0.2, -0.15) is 0 Å². The monoisotopic (exact) mass is 246 g/mol. The summed E-state index contributed by atoms with van der Waals surface area (Å²) in [7, 11) is 0. The lowest BCUT2D eigenvalue weighted by molar-refractivity contribution is -0.384. The van der Waals surface area contributed by atoms with Crippen LogP contribution in [-0.2, 0) is 0 Å². The molecule has 1 aromatic carbocycles. The highest BCUT2D eigenvalue weighted by atomic mass is 16.6. The average molecular weight is 246 g/mol. The van der Waals surface area contributed by atoms with Gasteiger partial charge in [-0.15, -0.1) is 0 Å². The highest BCUT2D eigenvalue weighted by Crippen LogP contribution is 2.46. The van der Waals surface area contributed by atoms with Gasteiger partial charge in [-0.25, -0.2) is 0 Å². The molecule has 3 rings (SSSR count). The first-order valence-electron chi connectivity index (χ1n) is 6.67. The second-order valence-electron chi connectivity index (χ2n) is 5.62. The highest BCUT2D eigenvalue weighted by Gasteiger charge is 2.42. The van der Waals surface area contributed by atoms with Gasteiger partial charge in [0.1, 0.15) is 5.69 Å². The maximum absolute atomic E-state index is 11.1. The van der Waals surface area contributed by atoms with Gasteiger partial charge < -0.3 is 5.32 Å². The van der Waals surface area contributed by atoms with E-state index in [1.54, 1.807) is 12.1 Å². The summed E-state index contributed by atoms with van der Waals surface area (Å²) in [5.41, 5.74) is 1.96. The van der Waals surface area contributed by atoms with Crippen molar-refractivity contribution in [1.29, 1.82) is 0 Å². The van der Waals surface area contributed by atoms with Crippen molar-refractivity contribution in [3.63, 3.8) is 0 Å². The Bertz CT molecular complexity index is 467. The molecule has 1 aromatic rings. The zero-order chi connectivity index (χ0) is 12.7. The van der Waals surface area contributed by atoms with Crippen LogP contribution in [0, 0.1) is 28.9 Å². The molecule has 4 nitrogen and oxygen atoms in total. The molecule has 0 amide bonds. The van der Waals surface area contributed by atoms with Crippen LogP contribution in [0.3, 0.4) is 0 Å². The molecule has 2 aliphatic rings. The molecule has 18 heavy (non-hydrogen) atoms. The average Bonchev–Trinajstić information content (AvgIpc) is 3.17. The maximum Gasteiger partial charge on any atom is 0.292 e. The minimum atomic E-state index is -0.293. The number of benzene rings is 1. The van der Waals surface area contributed by atoms with E-state index < -0.39 is 0 Å². The Labute approximate surface area is 107 Å². The number of hydrogen-bond acceptors (Lipinski definition) is 3. The van der Waals surface area contributed by atoms with E-state index in [-0.39, 0.29) is 10.6 Å². The van der Waals surface area contributed by atoms with Gasteiger partial charge in [-0.3, -0.25) is 10.1 Å². The van der Waals surface area contributed by atoms with Crippen LogP contribution < -0.4 is 5.32 Å². The Balaban J connectivity index is 1.85. The molecule has 0 aliphatic heterocycles. The number of anilines is 1. The van der Waals surface area contributed by atoms with Gasteiger partial charge in [0.25, 0.3) is 5.69 Å². The van der Waals surface area contributed by atoms with Crippen LogP contribution in [0.2, 0.25) is 0 Å². The van der Waals surface area contributed by atoms with Gasteiger partial charge in [-0.05, 0) is 56.1 Å². The molecule has 0 atom stereocenters. The zero-order valence-corrected chi connectivity index (χ0v) is 10.6. The van der Waals surface area contributed by atoms with Crippen LogP contribution in [-0.4, -0.2) is 11.0 Å². The van der Waals surface area contributed by atoms with Crippen molar-refractivity contribution in [2.24, 2.45) is 11.8 Å². The standard InChI is InChI=1S/C14H18N2O2/c1-9-2-7-13(16(17)18)12(8-9)15-14(10-3-4-10)11-5-6-11/h2,7-8,10-11,14-15H,3-6H2,1H3. The molecular formula is C14H18N2O2. The largest absolute Gasteiger partial charge is 0.376 e. The number of hydrogen-bond donors (Lipinski definition) is 1. The van der Waals surface area contributed by atoms with Gasteiger partial charge in [0.05, 0.1) is 4.92 Å². The van der Waals surface area contributed by atoms with Crippen molar-refractivity contribution in [2.45, 2.75) is 38.6 Å². The van der Waals surface area contributed by atoms with E-state index in [2.05, 4.69) is 5.32 Å². The first-order chi connectivity index (χ1) is 8.65. The molecule has 1 N–H and O–H groups in total. The summed E-state index contributed by atoms with van der Waals surface area (Å²) in [6.45, 7) is 1.97. The van der Waals surface area contributed by atoms with Crippen molar-refractivity contribution >= 4 is 11.4 Å². The lowest BCUT2D eigenvalue weighted by Crippen LogP contribution is -2.24. The van der Waals surface area contributed by atoms with Crippen LogP contribution in [0.1, 0.15) is 31.2 Å². The Morgan fingerprint density at radius 2 is 1.89 bits per heavy atom. The molecule has 0 spiro atoms. The third-order valence-corrected chi connectivity index (χ3v) is 3.93. The lowest BCUT2D eigenvalue weighted by Gasteiger charge is -2.19. The highest BCUT2D eigenvalue weighted by molar-refractivity contribution is 5.63. The molecule has 0 aromatic heterocycles. The van der Waals surface area contributed by atoms with Crippen LogP contribution in [0.4, 0.5) is 11.4 Å². The molecule has 0 saturated heterocycles. The number of rotatable bonds is 5. The Hall–Kier alpha value is -1.58. The fourth-order valence-electron chi connectivity index (χ4n) is 2.64. The lowest BCUT2D eigenvalue weighted by atomic mass is 10.1. The quantitative estimate of drug-likeness (QED) is 0.639. The summed E-state index contributed by atoms with van der Waals surface area (Å²) < 4.78 is 0. The minimum Gasteiger partial charge on any atom is -0.376 e. The van der Waals surface area contributed by atoms with Crippen molar-refractivity contribution in [1.82, 2.24) is 0 Å². The van der Waals surface area contributed by atoms with Gasteiger partial charge in [0.2, 0.25) is 0 Å². The van der Waals surface area contributed by atoms with Crippen LogP contribution in [0.15, 0.2) is 18.2 Å². The van der Waals surface area contributed by atoms with E-state index in [1.165, 1.54) is 25.7 Å². The normalized spacial score (nSPS) is 19.0. The second kappa shape index (κ2) is 4.26. The summed E-state index contributed by atoms with van der Waals surface area (Å²) in [4.78, 5) is 10.8. The molecule has 2 saturated carbocycles. The molecule has 0 heterocycles. The SMILES string of the molecule is Cc1ccc([N+](=O)[O-])c(NC(C2CC2)C2CC2)c1. The van der Waals surface area contributed by atoms with Crippen molar-refractivity contribution in [3.8, 4) is 0 Å². The number of nitro benzene ring substituents is 1. The van der Waals surface area contributed by atoms with Crippen molar-refractivity contribution in [2.75, 3.05) is 5.32 Å². The fraction of sp³-hybridized carbons (Fsp3) is 0.571. The number of aryl methyl sites for hydroxylation is 1. The van der Waals surface area contributed by atoms with Gasteiger partial charge in [0.15, 0.2) is 0 Å². The molecule has 4 heteroatoms. The Kier molecular flexibility index (Phi) is 2.73. The maximum atomic E-state index is 11.1. The predicted molar refractivity (Wildman–Crippen MR) is 70.7 cm³/mol. The summed E-state index contributed by atoms with van der Waals surface area (Å²) in [6, 6.07) is 5.75. The number of nitrogens with one attached hydrogen (secondary N) is 1. The Morgan fingerprint density at radius 1 is 1.28 bits per heavy atom. The first kappa shape index (κ1) is 11.5. The van der Waals surface area contributed by atoms with E-state index in [1.807, 2.05) is 13.0 Å². The summed E-state index contributed by atoms with van der Waals surface area (Å²) >= 11 is 0. The molecule has 96 valence electrons. The van der Waals surface area contributed by atoms with E-state index in [4.69, 9.17) is 0 Å². The van der Waals surface area contributed by atoms with Crippen molar-refractivity contribution in [3.05, 3.63) is 33.9 Å². The topological polar surface area (TPSA) is 55.2 Å². The molecular weight excluding hydrogens is 228 g/mol. The minimum absolute atomic E-state index is 0.201. The third kappa shape index (κ3) is 2.33. The Morgan fingerprint density at radius 3 is 2.39 bits per heavy atom. The molecule has 2 fully saturated rings. The van der Waals surface area contributed by atoms with E-state index in [0.717, 1.165) is 17.4 Å². The smallest absolute Gasteiger partial charge is 0.292 e.